The molecule has 0 heterocycles. The van der Waals surface area contributed by atoms with Crippen LogP contribution in [-0.2, 0) is 11.2 Å². The summed E-state index contributed by atoms with van der Waals surface area (Å²) in [5, 5.41) is 12.4. The Morgan fingerprint density at radius 2 is 1.87 bits per heavy atom. The van der Waals surface area contributed by atoms with Crippen LogP contribution >= 0.6 is 0 Å². The fraction of sp³-hybridized carbons (Fsp3) is 0.250. The predicted octanol–water partition coefficient (Wildman–Crippen LogP) is 3.77. The van der Waals surface area contributed by atoms with Crippen molar-refractivity contribution in [3.05, 3.63) is 70.8 Å². The predicted molar refractivity (Wildman–Crippen MR) is 94.4 cm³/mol. The van der Waals surface area contributed by atoms with E-state index in [1.165, 1.54) is 17.2 Å². The fourth-order valence-corrected chi connectivity index (χ4v) is 2.27. The SMILES string of the molecule is Cc1ccc(CCCNC(=O)/C=C/c2ccc(O)c(C)c2)cc1. The molecule has 0 bridgehead atoms. The van der Waals surface area contributed by atoms with E-state index in [4.69, 9.17) is 0 Å². The zero-order chi connectivity index (χ0) is 16.7. The molecule has 0 aliphatic carbocycles. The Morgan fingerprint density at radius 1 is 1.13 bits per heavy atom. The van der Waals surface area contributed by atoms with Gasteiger partial charge in [0.1, 0.15) is 5.75 Å². The Bertz CT molecular complexity index is 687. The molecule has 23 heavy (non-hydrogen) atoms. The second-order valence-electron chi connectivity index (χ2n) is 5.76. The molecule has 0 saturated heterocycles. The highest BCUT2D eigenvalue weighted by Gasteiger charge is 1.98. The van der Waals surface area contributed by atoms with E-state index < -0.39 is 0 Å². The van der Waals surface area contributed by atoms with Crippen molar-refractivity contribution in [1.82, 2.24) is 5.32 Å². The first-order chi connectivity index (χ1) is 11.0. The summed E-state index contributed by atoms with van der Waals surface area (Å²) < 4.78 is 0. The number of carbonyl (C=O) groups excluding carboxylic acids is 1. The zero-order valence-corrected chi connectivity index (χ0v) is 13.7. The minimum atomic E-state index is -0.0976. The Labute approximate surface area is 137 Å². The van der Waals surface area contributed by atoms with Gasteiger partial charge in [0.05, 0.1) is 0 Å². The molecule has 3 nitrogen and oxygen atoms in total. The molecule has 0 saturated carbocycles. The monoisotopic (exact) mass is 309 g/mol. The lowest BCUT2D eigenvalue weighted by atomic mass is 10.1. The molecule has 2 rings (SSSR count). The number of amides is 1. The number of aromatic hydroxyl groups is 1. The molecule has 120 valence electrons. The number of phenols is 1. The summed E-state index contributed by atoms with van der Waals surface area (Å²) in [6, 6.07) is 13.7. The van der Waals surface area contributed by atoms with Crippen LogP contribution in [0.5, 0.6) is 5.75 Å². The molecule has 0 radical (unpaired) electrons. The van der Waals surface area contributed by atoms with Gasteiger partial charge in [0, 0.05) is 12.6 Å². The van der Waals surface area contributed by atoms with E-state index in [0.717, 1.165) is 24.0 Å². The summed E-state index contributed by atoms with van der Waals surface area (Å²) in [4.78, 5) is 11.8. The van der Waals surface area contributed by atoms with Crippen LogP contribution in [0.1, 0.15) is 28.7 Å². The van der Waals surface area contributed by atoms with Gasteiger partial charge < -0.3 is 10.4 Å². The topological polar surface area (TPSA) is 49.3 Å². The summed E-state index contributed by atoms with van der Waals surface area (Å²) in [6.45, 7) is 4.56. The number of rotatable bonds is 6. The van der Waals surface area contributed by atoms with Gasteiger partial charge in [-0.1, -0.05) is 35.9 Å². The minimum Gasteiger partial charge on any atom is -0.508 e. The number of benzene rings is 2. The van der Waals surface area contributed by atoms with E-state index in [1.807, 2.05) is 13.0 Å². The third kappa shape index (κ3) is 5.62. The van der Waals surface area contributed by atoms with Crippen LogP contribution in [0.25, 0.3) is 6.08 Å². The maximum Gasteiger partial charge on any atom is 0.243 e. The molecular weight excluding hydrogens is 286 g/mol. The fourth-order valence-electron chi connectivity index (χ4n) is 2.27. The minimum absolute atomic E-state index is 0.0976. The van der Waals surface area contributed by atoms with Crippen LogP contribution in [0.2, 0.25) is 0 Å². The summed E-state index contributed by atoms with van der Waals surface area (Å²) in [6.07, 6.45) is 5.15. The van der Waals surface area contributed by atoms with Crippen LogP contribution in [0.4, 0.5) is 0 Å². The highest BCUT2D eigenvalue weighted by atomic mass is 16.3. The Balaban J connectivity index is 1.73. The molecular formula is C20H23NO2. The summed E-state index contributed by atoms with van der Waals surface area (Å²) >= 11 is 0. The highest BCUT2D eigenvalue weighted by Crippen LogP contribution is 2.17. The van der Waals surface area contributed by atoms with E-state index in [2.05, 4.69) is 36.5 Å². The van der Waals surface area contributed by atoms with Crippen LogP contribution in [0, 0.1) is 13.8 Å². The first-order valence-electron chi connectivity index (χ1n) is 7.85. The largest absolute Gasteiger partial charge is 0.508 e. The number of hydrogen-bond acceptors (Lipinski definition) is 2. The van der Waals surface area contributed by atoms with Gasteiger partial charge in [0.15, 0.2) is 0 Å². The van der Waals surface area contributed by atoms with Crippen LogP contribution < -0.4 is 5.32 Å². The third-order valence-corrected chi connectivity index (χ3v) is 3.71. The van der Waals surface area contributed by atoms with Gasteiger partial charge in [-0.3, -0.25) is 4.79 Å². The number of nitrogens with one attached hydrogen (secondary N) is 1. The number of hydrogen-bond donors (Lipinski definition) is 2. The maximum atomic E-state index is 11.8. The molecule has 0 aromatic heterocycles. The van der Waals surface area contributed by atoms with Gasteiger partial charge in [-0.15, -0.1) is 0 Å². The van der Waals surface area contributed by atoms with Crippen molar-refractivity contribution in [3.8, 4) is 5.75 Å². The van der Waals surface area contributed by atoms with Crippen molar-refractivity contribution in [2.45, 2.75) is 26.7 Å². The van der Waals surface area contributed by atoms with Crippen LogP contribution in [-0.4, -0.2) is 17.6 Å². The van der Waals surface area contributed by atoms with Crippen molar-refractivity contribution in [3.63, 3.8) is 0 Å². The first kappa shape index (κ1) is 16.8. The van der Waals surface area contributed by atoms with Gasteiger partial charge in [0.25, 0.3) is 0 Å². The van der Waals surface area contributed by atoms with E-state index in [-0.39, 0.29) is 11.7 Å². The lowest BCUT2D eigenvalue weighted by Gasteiger charge is -2.04. The molecule has 2 aromatic rings. The number of phenolic OH excluding ortho intramolecular Hbond substituents is 1. The van der Waals surface area contributed by atoms with Gasteiger partial charge in [-0.25, -0.2) is 0 Å². The molecule has 3 heteroatoms. The second kappa shape index (κ2) is 8.18. The van der Waals surface area contributed by atoms with Gasteiger partial charge >= 0.3 is 0 Å². The van der Waals surface area contributed by atoms with E-state index in [1.54, 1.807) is 18.2 Å². The first-order valence-corrected chi connectivity index (χ1v) is 7.85. The average Bonchev–Trinajstić information content (AvgIpc) is 2.54. The smallest absolute Gasteiger partial charge is 0.243 e. The van der Waals surface area contributed by atoms with Crippen molar-refractivity contribution in [2.24, 2.45) is 0 Å². The molecule has 1 amide bonds. The zero-order valence-electron chi connectivity index (χ0n) is 13.7. The summed E-state index contributed by atoms with van der Waals surface area (Å²) in [7, 11) is 0. The van der Waals surface area contributed by atoms with Gasteiger partial charge in [-0.2, -0.15) is 0 Å². The maximum absolute atomic E-state index is 11.8. The summed E-state index contributed by atoms with van der Waals surface area (Å²) in [5.41, 5.74) is 4.25. The lowest BCUT2D eigenvalue weighted by molar-refractivity contribution is -0.116. The number of aryl methyl sites for hydroxylation is 3. The van der Waals surface area contributed by atoms with Crippen molar-refractivity contribution in [2.75, 3.05) is 6.54 Å². The number of carbonyl (C=O) groups is 1. The van der Waals surface area contributed by atoms with Crippen molar-refractivity contribution < 1.29 is 9.90 Å². The van der Waals surface area contributed by atoms with E-state index >= 15 is 0 Å². The van der Waals surface area contributed by atoms with Gasteiger partial charge in [-0.05, 0) is 61.6 Å². The Morgan fingerprint density at radius 3 is 2.57 bits per heavy atom. The standard InChI is InChI=1S/C20H23NO2/c1-15-5-7-17(8-6-15)4-3-13-21-20(23)12-10-18-9-11-19(22)16(2)14-18/h5-12,14,22H,3-4,13H2,1-2H3,(H,21,23)/b12-10+. The molecule has 0 unspecified atom stereocenters. The van der Waals surface area contributed by atoms with Crippen LogP contribution in [0.3, 0.4) is 0 Å². The second-order valence-corrected chi connectivity index (χ2v) is 5.76. The Kier molecular flexibility index (Phi) is 5.98. The van der Waals surface area contributed by atoms with E-state index in [0.29, 0.717) is 6.54 Å². The normalized spacial score (nSPS) is 10.9. The molecule has 0 aliphatic rings. The van der Waals surface area contributed by atoms with E-state index in [9.17, 15) is 9.90 Å². The third-order valence-electron chi connectivity index (χ3n) is 3.71. The molecule has 0 fully saturated rings. The van der Waals surface area contributed by atoms with Crippen molar-refractivity contribution in [1.29, 1.82) is 0 Å². The molecule has 0 spiro atoms. The molecule has 2 N–H and O–H groups in total. The molecule has 0 aliphatic heterocycles. The quantitative estimate of drug-likeness (QED) is 0.630. The highest BCUT2D eigenvalue weighted by molar-refractivity contribution is 5.91. The summed E-state index contributed by atoms with van der Waals surface area (Å²) in [5.74, 6) is 0.169. The average molecular weight is 309 g/mol. The lowest BCUT2D eigenvalue weighted by Crippen LogP contribution is -2.22. The van der Waals surface area contributed by atoms with Crippen molar-refractivity contribution >= 4 is 12.0 Å². The molecule has 2 aromatic carbocycles. The van der Waals surface area contributed by atoms with Crippen LogP contribution in [0.15, 0.2) is 48.5 Å². The van der Waals surface area contributed by atoms with Gasteiger partial charge in [0.2, 0.25) is 5.91 Å². The molecule has 0 atom stereocenters. The Hall–Kier alpha value is -2.55.